The average molecular weight is 172 g/mol. The Morgan fingerprint density at radius 3 is 2.25 bits per heavy atom. The zero-order valence-electron chi connectivity index (χ0n) is 9.31. The molecule has 0 unspecified atom stereocenters. The van der Waals surface area contributed by atoms with Crippen molar-refractivity contribution in [2.75, 3.05) is 13.2 Å². The van der Waals surface area contributed by atoms with Crippen LogP contribution in [0, 0.1) is 11.3 Å². The summed E-state index contributed by atoms with van der Waals surface area (Å²) >= 11 is 0. The Hall–Kier alpha value is -0.0400. The molecule has 0 heterocycles. The van der Waals surface area contributed by atoms with Crippen LogP contribution in [0.4, 0.5) is 0 Å². The van der Waals surface area contributed by atoms with Crippen LogP contribution >= 0.6 is 0 Å². The predicted octanol–water partition coefficient (Wildman–Crippen LogP) is 3.49. The van der Waals surface area contributed by atoms with Gasteiger partial charge in [0.15, 0.2) is 0 Å². The normalized spacial score (nSPS) is 12.5. The maximum Gasteiger partial charge on any atom is 0.0517 e. The van der Waals surface area contributed by atoms with Gasteiger partial charge in [-0.3, -0.25) is 0 Å². The Morgan fingerprint density at radius 1 is 1.25 bits per heavy atom. The molecule has 12 heavy (non-hydrogen) atoms. The van der Waals surface area contributed by atoms with Crippen LogP contribution in [0.3, 0.4) is 0 Å². The Bertz CT molecular complexity index is 106. The van der Waals surface area contributed by atoms with E-state index in [1.54, 1.807) is 0 Å². The van der Waals surface area contributed by atoms with Gasteiger partial charge < -0.3 is 4.74 Å². The van der Waals surface area contributed by atoms with Crippen molar-refractivity contribution in [1.29, 1.82) is 0 Å². The Morgan fingerprint density at radius 2 is 1.83 bits per heavy atom. The summed E-state index contributed by atoms with van der Waals surface area (Å²) < 4.78 is 5.55. The van der Waals surface area contributed by atoms with Crippen LogP contribution < -0.4 is 0 Å². The highest BCUT2D eigenvalue weighted by atomic mass is 16.5. The average Bonchev–Trinajstić information content (AvgIpc) is 1.84. The fourth-order valence-corrected chi connectivity index (χ4v) is 1.66. The highest BCUT2D eigenvalue weighted by molar-refractivity contribution is 4.69. The third-order valence-electron chi connectivity index (χ3n) is 1.80. The van der Waals surface area contributed by atoms with E-state index in [1.807, 2.05) is 0 Å². The van der Waals surface area contributed by atoms with Crippen molar-refractivity contribution in [2.24, 2.45) is 11.3 Å². The molecule has 0 aliphatic rings. The van der Waals surface area contributed by atoms with Gasteiger partial charge in [0, 0.05) is 6.61 Å². The monoisotopic (exact) mass is 172 g/mol. The predicted molar refractivity (Wildman–Crippen MR) is 54.3 cm³/mol. The zero-order chi connectivity index (χ0) is 9.61. The third kappa shape index (κ3) is 6.66. The number of hydrogen-bond donors (Lipinski definition) is 0. The van der Waals surface area contributed by atoms with Gasteiger partial charge in [0.25, 0.3) is 0 Å². The van der Waals surface area contributed by atoms with Crippen LogP contribution in [0.2, 0.25) is 0 Å². The van der Waals surface area contributed by atoms with E-state index in [2.05, 4.69) is 34.6 Å². The van der Waals surface area contributed by atoms with Crippen molar-refractivity contribution in [1.82, 2.24) is 0 Å². The van der Waals surface area contributed by atoms with E-state index in [4.69, 9.17) is 4.74 Å². The molecule has 0 radical (unpaired) electrons. The van der Waals surface area contributed by atoms with E-state index in [0.717, 1.165) is 25.6 Å². The smallest absolute Gasteiger partial charge is 0.0517 e. The van der Waals surface area contributed by atoms with Crippen molar-refractivity contribution in [3.8, 4) is 0 Å². The SMILES string of the molecule is CCCOCC(C)(C)CC(C)C. The summed E-state index contributed by atoms with van der Waals surface area (Å²) in [7, 11) is 0. The van der Waals surface area contributed by atoms with Crippen LogP contribution in [-0.4, -0.2) is 13.2 Å². The second-order valence-electron chi connectivity index (χ2n) is 4.81. The van der Waals surface area contributed by atoms with Crippen molar-refractivity contribution in [3.63, 3.8) is 0 Å². The van der Waals surface area contributed by atoms with Gasteiger partial charge in [-0.1, -0.05) is 34.6 Å². The first-order valence-corrected chi connectivity index (χ1v) is 5.05. The first-order valence-electron chi connectivity index (χ1n) is 5.05. The van der Waals surface area contributed by atoms with Gasteiger partial charge in [0.05, 0.1) is 6.61 Å². The molecule has 0 fully saturated rings. The molecule has 0 aliphatic heterocycles. The topological polar surface area (TPSA) is 9.23 Å². The molecule has 0 bridgehead atoms. The van der Waals surface area contributed by atoms with Crippen molar-refractivity contribution < 1.29 is 4.74 Å². The molecule has 0 aromatic carbocycles. The van der Waals surface area contributed by atoms with E-state index in [0.29, 0.717) is 5.41 Å². The van der Waals surface area contributed by atoms with Crippen molar-refractivity contribution in [2.45, 2.75) is 47.5 Å². The van der Waals surface area contributed by atoms with Gasteiger partial charge >= 0.3 is 0 Å². The highest BCUT2D eigenvalue weighted by Crippen LogP contribution is 2.25. The van der Waals surface area contributed by atoms with E-state index < -0.39 is 0 Å². The van der Waals surface area contributed by atoms with E-state index in [-0.39, 0.29) is 0 Å². The van der Waals surface area contributed by atoms with Gasteiger partial charge in [-0.15, -0.1) is 0 Å². The zero-order valence-corrected chi connectivity index (χ0v) is 9.31. The van der Waals surface area contributed by atoms with Crippen molar-refractivity contribution in [3.05, 3.63) is 0 Å². The largest absolute Gasteiger partial charge is 0.381 e. The molecule has 1 heteroatoms. The molecule has 0 atom stereocenters. The van der Waals surface area contributed by atoms with Crippen LogP contribution in [0.1, 0.15) is 47.5 Å². The molecule has 0 saturated heterocycles. The minimum absolute atomic E-state index is 0.351. The summed E-state index contributed by atoms with van der Waals surface area (Å²) in [5.41, 5.74) is 0.351. The van der Waals surface area contributed by atoms with Gasteiger partial charge in [0.1, 0.15) is 0 Å². The van der Waals surface area contributed by atoms with E-state index in [1.165, 1.54) is 6.42 Å². The van der Waals surface area contributed by atoms with Gasteiger partial charge in [0.2, 0.25) is 0 Å². The minimum Gasteiger partial charge on any atom is -0.381 e. The standard InChI is InChI=1S/C11H24O/c1-6-7-12-9-11(4,5)8-10(2)3/h10H,6-9H2,1-5H3. The lowest BCUT2D eigenvalue weighted by atomic mass is 9.85. The molecule has 0 spiro atoms. The van der Waals surface area contributed by atoms with Crippen LogP contribution in [0.15, 0.2) is 0 Å². The molecule has 0 rings (SSSR count). The first-order chi connectivity index (χ1) is 5.48. The van der Waals surface area contributed by atoms with Gasteiger partial charge in [-0.2, -0.15) is 0 Å². The molecule has 0 aromatic heterocycles. The Balaban J connectivity index is 3.56. The maximum absolute atomic E-state index is 5.55. The van der Waals surface area contributed by atoms with E-state index >= 15 is 0 Å². The summed E-state index contributed by atoms with van der Waals surface area (Å²) in [5, 5.41) is 0. The number of ether oxygens (including phenoxy) is 1. The van der Waals surface area contributed by atoms with Gasteiger partial charge in [-0.05, 0) is 24.2 Å². The Labute approximate surface area is 77.5 Å². The summed E-state index contributed by atoms with van der Waals surface area (Å²) in [5.74, 6) is 0.769. The van der Waals surface area contributed by atoms with Gasteiger partial charge in [-0.25, -0.2) is 0 Å². The molecule has 0 aliphatic carbocycles. The lowest BCUT2D eigenvalue weighted by molar-refractivity contribution is 0.0517. The second kappa shape index (κ2) is 5.58. The third-order valence-corrected chi connectivity index (χ3v) is 1.80. The van der Waals surface area contributed by atoms with Crippen LogP contribution in [0.5, 0.6) is 0 Å². The molecular formula is C11H24O. The molecule has 0 aromatic rings. The quantitative estimate of drug-likeness (QED) is 0.557. The first kappa shape index (κ1) is 12.0. The fraction of sp³-hybridized carbons (Fsp3) is 1.00. The molecule has 1 nitrogen and oxygen atoms in total. The summed E-state index contributed by atoms with van der Waals surface area (Å²) in [6, 6.07) is 0. The molecule has 0 amide bonds. The van der Waals surface area contributed by atoms with Crippen LogP contribution in [-0.2, 0) is 4.74 Å². The van der Waals surface area contributed by atoms with Crippen LogP contribution in [0.25, 0.3) is 0 Å². The fourth-order valence-electron chi connectivity index (χ4n) is 1.66. The molecule has 0 saturated carbocycles. The number of hydrogen-bond acceptors (Lipinski definition) is 1. The molecular weight excluding hydrogens is 148 g/mol. The lowest BCUT2D eigenvalue weighted by Crippen LogP contribution is -2.21. The summed E-state index contributed by atoms with van der Waals surface area (Å²) in [4.78, 5) is 0. The maximum atomic E-state index is 5.55. The summed E-state index contributed by atoms with van der Waals surface area (Å²) in [6.07, 6.45) is 2.37. The molecule has 74 valence electrons. The lowest BCUT2D eigenvalue weighted by Gasteiger charge is -2.26. The highest BCUT2D eigenvalue weighted by Gasteiger charge is 2.19. The summed E-state index contributed by atoms with van der Waals surface area (Å²) in [6.45, 7) is 13.0. The second-order valence-corrected chi connectivity index (χ2v) is 4.81. The Kier molecular flexibility index (Phi) is 5.56. The van der Waals surface area contributed by atoms with Crippen molar-refractivity contribution >= 4 is 0 Å². The molecule has 0 N–H and O–H groups in total. The minimum atomic E-state index is 0.351. The van der Waals surface area contributed by atoms with E-state index in [9.17, 15) is 0 Å². The number of rotatable bonds is 6.